The Morgan fingerprint density at radius 2 is 2.24 bits per heavy atom. The summed E-state index contributed by atoms with van der Waals surface area (Å²) in [7, 11) is 1.65. The molecule has 1 N–H and O–H groups in total. The minimum Gasteiger partial charge on any atom is -0.496 e. The summed E-state index contributed by atoms with van der Waals surface area (Å²) in [6, 6.07) is 8.93. The normalized spacial score (nSPS) is 16.3. The number of aromatic nitrogens is 1. The van der Waals surface area contributed by atoms with Crippen molar-refractivity contribution in [2.45, 2.75) is 18.9 Å². The van der Waals surface area contributed by atoms with Gasteiger partial charge in [-0.3, -0.25) is 10.1 Å². The molecule has 1 unspecified atom stereocenters. The molecule has 0 radical (unpaired) electrons. The van der Waals surface area contributed by atoms with Crippen LogP contribution in [0.15, 0.2) is 36.5 Å². The molecule has 1 heterocycles. The van der Waals surface area contributed by atoms with Crippen LogP contribution in [0, 0.1) is 10.1 Å². The maximum absolute atomic E-state index is 11.0. The van der Waals surface area contributed by atoms with E-state index in [4.69, 9.17) is 4.74 Å². The lowest BCUT2D eigenvalue weighted by Crippen LogP contribution is -2.10. The molecule has 1 aliphatic carbocycles. The van der Waals surface area contributed by atoms with Crippen molar-refractivity contribution in [3.63, 3.8) is 0 Å². The molecular formula is C15H15N3O3. The van der Waals surface area contributed by atoms with Crippen molar-refractivity contribution in [2.24, 2.45) is 0 Å². The summed E-state index contributed by atoms with van der Waals surface area (Å²) in [6.45, 7) is 0. The van der Waals surface area contributed by atoms with Gasteiger partial charge in [0, 0.05) is 12.3 Å². The Kier molecular flexibility index (Phi) is 3.43. The fourth-order valence-corrected chi connectivity index (χ4v) is 2.78. The summed E-state index contributed by atoms with van der Waals surface area (Å²) in [5.41, 5.74) is 2.28. The second-order valence-electron chi connectivity index (χ2n) is 4.89. The number of nitro groups is 1. The maximum Gasteiger partial charge on any atom is 0.311 e. The average Bonchev–Trinajstić information content (AvgIpc) is 2.91. The summed E-state index contributed by atoms with van der Waals surface area (Å²) in [5, 5.41) is 14.2. The van der Waals surface area contributed by atoms with Gasteiger partial charge in [-0.2, -0.15) is 0 Å². The number of rotatable bonds is 4. The summed E-state index contributed by atoms with van der Waals surface area (Å²) in [5.74, 6) is 1.18. The highest BCUT2D eigenvalue weighted by Gasteiger charge is 2.27. The molecule has 108 valence electrons. The molecule has 21 heavy (non-hydrogen) atoms. The van der Waals surface area contributed by atoms with Crippen LogP contribution in [0.4, 0.5) is 11.5 Å². The highest BCUT2D eigenvalue weighted by molar-refractivity contribution is 5.58. The van der Waals surface area contributed by atoms with E-state index >= 15 is 0 Å². The van der Waals surface area contributed by atoms with E-state index in [1.807, 2.05) is 18.2 Å². The fourth-order valence-electron chi connectivity index (χ4n) is 2.78. The van der Waals surface area contributed by atoms with Gasteiger partial charge in [0.1, 0.15) is 5.75 Å². The number of hydrogen-bond donors (Lipinski definition) is 1. The van der Waals surface area contributed by atoms with Crippen LogP contribution in [0.1, 0.15) is 23.6 Å². The Morgan fingerprint density at radius 3 is 3.00 bits per heavy atom. The van der Waals surface area contributed by atoms with Gasteiger partial charge in [0.05, 0.1) is 18.1 Å². The fraction of sp³-hybridized carbons (Fsp3) is 0.267. The van der Waals surface area contributed by atoms with Crippen molar-refractivity contribution in [1.82, 2.24) is 4.98 Å². The molecule has 0 fully saturated rings. The van der Waals surface area contributed by atoms with E-state index in [2.05, 4.69) is 10.3 Å². The molecule has 0 spiro atoms. The summed E-state index contributed by atoms with van der Waals surface area (Å²) < 4.78 is 5.37. The first kappa shape index (κ1) is 13.4. The third-order valence-corrected chi connectivity index (χ3v) is 3.74. The number of nitrogens with zero attached hydrogens (tertiary/aromatic N) is 2. The van der Waals surface area contributed by atoms with Gasteiger partial charge in [0.15, 0.2) is 0 Å². The summed E-state index contributed by atoms with van der Waals surface area (Å²) in [6.07, 6.45) is 3.30. The number of benzene rings is 1. The van der Waals surface area contributed by atoms with Crippen molar-refractivity contribution in [3.8, 4) is 5.75 Å². The van der Waals surface area contributed by atoms with Crippen LogP contribution < -0.4 is 10.1 Å². The second kappa shape index (κ2) is 5.40. The highest BCUT2D eigenvalue weighted by atomic mass is 16.6. The lowest BCUT2D eigenvalue weighted by atomic mass is 10.1. The monoisotopic (exact) mass is 285 g/mol. The van der Waals surface area contributed by atoms with E-state index in [9.17, 15) is 10.1 Å². The molecule has 1 atom stereocenters. The van der Waals surface area contributed by atoms with E-state index in [1.54, 1.807) is 19.4 Å². The number of pyridine rings is 1. The van der Waals surface area contributed by atoms with E-state index in [0.717, 1.165) is 29.7 Å². The number of nitrogens with one attached hydrogen (secondary N) is 1. The van der Waals surface area contributed by atoms with E-state index in [1.165, 1.54) is 6.07 Å². The topological polar surface area (TPSA) is 77.3 Å². The van der Waals surface area contributed by atoms with Gasteiger partial charge in [-0.1, -0.05) is 12.1 Å². The molecule has 6 heteroatoms. The molecule has 0 saturated heterocycles. The Balaban J connectivity index is 1.91. The molecule has 2 aromatic rings. The molecule has 1 aromatic carbocycles. The average molecular weight is 285 g/mol. The predicted octanol–water partition coefficient (Wildman–Crippen LogP) is 3.10. The molecule has 3 rings (SSSR count). The predicted molar refractivity (Wildman–Crippen MR) is 78.6 cm³/mol. The van der Waals surface area contributed by atoms with E-state index in [0.29, 0.717) is 5.82 Å². The van der Waals surface area contributed by atoms with Gasteiger partial charge in [-0.15, -0.1) is 0 Å². The molecule has 0 amide bonds. The van der Waals surface area contributed by atoms with E-state index in [-0.39, 0.29) is 11.7 Å². The zero-order valence-corrected chi connectivity index (χ0v) is 11.6. The first-order valence-electron chi connectivity index (χ1n) is 6.72. The SMILES string of the molecule is COc1cccc2c1CCC2Nc1ncccc1[N+](=O)[O-]. The quantitative estimate of drug-likeness (QED) is 0.690. The standard InChI is InChI=1S/C15H15N3O3/c1-21-14-6-2-4-10-11(14)7-8-12(10)17-15-13(18(19)20)5-3-9-16-15/h2-6,9,12H,7-8H2,1H3,(H,16,17). The minimum absolute atomic E-state index is 0.00570. The number of anilines is 1. The number of methoxy groups -OCH3 is 1. The molecule has 0 aliphatic heterocycles. The van der Waals surface area contributed by atoms with Crippen LogP contribution in [0.25, 0.3) is 0 Å². The summed E-state index contributed by atoms with van der Waals surface area (Å²) in [4.78, 5) is 14.7. The van der Waals surface area contributed by atoms with Gasteiger partial charge < -0.3 is 10.1 Å². The van der Waals surface area contributed by atoms with Crippen molar-refractivity contribution < 1.29 is 9.66 Å². The van der Waals surface area contributed by atoms with Crippen LogP contribution in [0.5, 0.6) is 5.75 Å². The number of hydrogen-bond acceptors (Lipinski definition) is 5. The molecule has 0 bridgehead atoms. The molecule has 6 nitrogen and oxygen atoms in total. The van der Waals surface area contributed by atoms with Crippen LogP contribution in [-0.4, -0.2) is 17.0 Å². The van der Waals surface area contributed by atoms with Gasteiger partial charge in [-0.05, 0) is 36.1 Å². The first-order valence-corrected chi connectivity index (χ1v) is 6.72. The Labute approximate surface area is 121 Å². The lowest BCUT2D eigenvalue weighted by Gasteiger charge is -2.15. The Bertz CT molecular complexity index is 688. The first-order chi connectivity index (χ1) is 10.2. The van der Waals surface area contributed by atoms with Crippen LogP contribution in [0.2, 0.25) is 0 Å². The molecule has 0 saturated carbocycles. The highest BCUT2D eigenvalue weighted by Crippen LogP contribution is 2.39. The number of fused-ring (bicyclic) bond motifs is 1. The van der Waals surface area contributed by atoms with Crippen molar-refractivity contribution in [2.75, 3.05) is 12.4 Å². The zero-order valence-electron chi connectivity index (χ0n) is 11.6. The van der Waals surface area contributed by atoms with Crippen LogP contribution in [-0.2, 0) is 6.42 Å². The number of ether oxygens (including phenoxy) is 1. The van der Waals surface area contributed by atoms with Crippen molar-refractivity contribution in [3.05, 3.63) is 57.8 Å². The van der Waals surface area contributed by atoms with Gasteiger partial charge >= 0.3 is 5.69 Å². The third kappa shape index (κ3) is 2.40. The second-order valence-corrected chi connectivity index (χ2v) is 4.89. The molecule has 1 aliphatic rings. The van der Waals surface area contributed by atoms with Gasteiger partial charge in [0.25, 0.3) is 0 Å². The maximum atomic E-state index is 11.0. The lowest BCUT2D eigenvalue weighted by molar-refractivity contribution is -0.384. The molecule has 1 aromatic heterocycles. The van der Waals surface area contributed by atoms with Crippen LogP contribution >= 0.6 is 0 Å². The Morgan fingerprint density at radius 1 is 1.38 bits per heavy atom. The largest absolute Gasteiger partial charge is 0.496 e. The zero-order chi connectivity index (χ0) is 14.8. The third-order valence-electron chi connectivity index (χ3n) is 3.74. The van der Waals surface area contributed by atoms with Gasteiger partial charge in [-0.25, -0.2) is 4.98 Å². The summed E-state index contributed by atoms with van der Waals surface area (Å²) >= 11 is 0. The van der Waals surface area contributed by atoms with E-state index < -0.39 is 4.92 Å². The molecular weight excluding hydrogens is 270 g/mol. The Hall–Kier alpha value is -2.63. The van der Waals surface area contributed by atoms with Crippen LogP contribution in [0.3, 0.4) is 0 Å². The minimum atomic E-state index is -0.420. The van der Waals surface area contributed by atoms with Crippen molar-refractivity contribution in [1.29, 1.82) is 0 Å². The van der Waals surface area contributed by atoms with Crippen molar-refractivity contribution >= 4 is 11.5 Å². The van der Waals surface area contributed by atoms with Gasteiger partial charge in [0.2, 0.25) is 5.82 Å². The smallest absolute Gasteiger partial charge is 0.311 e.